The first-order chi connectivity index (χ1) is 7.66. The number of hydrogen-bond acceptors (Lipinski definition) is 3. The molecule has 0 aliphatic carbocycles. The standard InChI is InChI=1S/C10H7F2NOS2/c11-7-1-2-9(8(12)5-7)16(14)6-10-13-3-4-15-10/h1-5H,6H2. The van der Waals surface area contributed by atoms with E-state index in [2.05, 4.69) is 4.98 Å². The molecule has 16 heavy (non-hydrogen) atoms. The molecule has 1 unspecified atom stereocenters. The first-order valence-electron chi connectivity index (χ1n) is 4.38. The fraction of sp³-hybridized carbons (Fsp3) is 0.100. The molecule has 0 radical (unpaired) electrons. The van der Waals surface area contributed by atoms with E-state index in [1.807, 2.05) is 0 Å². The average molecular weight is 259 g/mol. The van der Waals surface area contributed by atoms with Crippen LogP contribution in [0.1, 0.15) is 5.01 Å². The fourth-order valence-electron chi connectivity index (χ4n) is 1.17. The normalized spacial score (nSPS) is 12.6. The smallest absolute Gasteiger partial charge is 0.142 e. The molecule has 0 bridgehead atoms. The van der Waals surface area contributed by atoms with Crippen LogP contribution in [0.5, 0.6) is 0 Å². The first kappa shape index (κ1) is 11.3. The SMILES string of the molecule is O=S(Cc1nccs1)c1ccc(F)cc1F. The van der Waals surface area contributed by atoms with E-state index < -0.39 is 22.4 Å². The Hall–Kier alpha value is -1.14. The molecule has 0 saturated carbocycles. The van der Waals surface area contributed by atoms with Gasteiger partial charge in [-0.25, -0.2) is 13.8 Å². The molecule has 1 heterocycles. The Labute approximate surface area is 97.4 Å². The van der Waals surface area contributed by atoms with Gasteiger partial charge < -0.3 is 0 Å². The van der Waals surface area contributed by atoms with Gasteiger partial charge in [-0.15, -0.1) is 11.3 Å². The third-order valence-electron chi connectivity index (χ3n) is 1.88. The quantitative estimate of drug-likeness (QED) is 0.848. The van der Waals surface area contributed by atoms with Crippen molar-refractivity contribution >= 4 is 22.1 Å². The Balaban J connectivity index is 2.21. The van der Waals surface area contributed by atoms with Crippen LogP contribution in [0.2, 0.25) is 0 Å². The summed E-state index contributed by atoms with van der Waals surface area (Å²) < 4.78 is 37.7. The average Bonchev–Trinajstić information content (AvgIpc) is 2.70. The summed E-state index contributed by atoms with van der Waals surface area (Å²) in [6.07, 6.45) is 1.60. The van der Waals surface area contributed by atoms with Gasteiger partial charge in [0.1, 0.15) is 16.6 Å². The van der Waals surface area contributed by atoms with Gasteiger partial charge in [-0.1, -0.05) is 0 Å². The van der Waals surface area contributed by atoms with Gasteiger partial charge in [-0.2, -0.15) is 0 Å². The summed E-state index contributed by atoms with van der Waals surface area (Å²) in [6.45, 7) is 0. The van der Waals surface area contributed by atoms with Gasteiger partial charge in [0, 0.05) is 17.6 Å². The van der Waals surface area contributed by atoms with Crippen molar-refractivity contribution in [3.05, 3.63) is 46.4 Å². The lowest BCUT2D eigenvalue weighted by molar-refractivity contribution is 0.562. The molecule has 0 fully saturated rings. The second-order valence-corrected chi connectivity index (χ2v) is 5.39. The Morgan fingerprint density at radius 3 is 2.81 bits per heavy atom. The predicted molar refractivity (Wildman–Crippen MR) is 58.6 cm³/mol. The van der Waals surface area contributed by atoms with Crippen LogP contribution in [-0.2, 0) is 16.6 Å². The van der Waals surface area contributed by atoms with E-state index in [9.17, 15) is 13.0 Å². The highest BCUT2D eigenvalue weighted by molar-refractivity contribution is 7.84. The highest BCUT2D eigenvalue weighted by Gasteiger charge is 2.12. The minimum absolute atomic E-state index is 0.0107. The van der Waals surface area contributed by atoms with E-state index in [0.717, 1.165) is 12.1 Å². The van der Waals surface area contributed by atoms with Crippen molar-refractivity contribution in [2.45, 2.75) is 10.6 Å². The summed E-state index contributed by atoms with van der Waals surface area (Å²) in [5, 5.41) is 2.43. The molecule has 6 heteroatoms. The van der Waals surface area contributed by atoms with Crippen LogP contribution in [0, 0.1) is 11.6 Å². The second-order valence-electron chi connectivity index (χ2n) is 2.99. The molecular weight excluding hydrogens is 252 g/mol. The molecule has 0 aliphatic rings. The molecule has 1 aromatic heterocycles. The number of thiazole rings is 1. The third kappa shape index (κ3) is 2.51. The highest BCUT2D eigenvalue weighted by Crippen LogP contribution is 2.17. The number of halogens is 2. The molecule has 84 valence electrons. The minimum atomic E-state index is -1.53. The Morgan fingerprint density at radius 2 is 2.19 bits per heavy atom. The van der Waals surface area contributed by atoms with Crippen LogP contribution in [0.4, 0.5) is 8.78 Å². The third-order valence-corrected chi connectivity index (χ3v) is 4.20. The maximum absolute atomic E-state index is 13.3. The summed E-state index contributed by atoms with van der Waals surface area (Å²) >= 11 is 1.35. The second kappa shape index (κ2) is 4.80. The van der Waals surface area contributed by atoms with Gasteiger partial charge in [0.15, 0.2) is 0 Å². The molecule has 0 saturated heterocycles. The number of nitrogens with zero attached hydrogens (tertiary/aromatic N) is 1. The number of benzene rings is 1. The molecule has 2 aromatic rings. The van der Waals surface area contributed by atoms with E-state index in [1.165, 1.54) is 17.4 Å². The lowest BCUT2D eigenvalue weighted by atomic mass is 10.3. The van der Waals surface area contributed by atoms with E-state index >= 15 is 0 Å². The molecule has 1 atom stereocenters. The monoisotopic (exact) mass is 259 g/mol. The summed E-state index contributed by atoms with van der Waals surface area (Å²) in [7, 11) is -1.53. The van der Waals surface area contributed by atoms with Crippen molar-refractivity contribution in [1.29, 1.82) is 0 Å². The summed E-state index contributed by atoms with van der Waals surface area (Å²) in [4.78, 5) is 3.97. The first-order valence-corrected chi connectivity index (χ1v) is 6.58. The zero-order chi connectivity index (χ0) is 11.5. The largest absolute Gasteiger partial charge is 0.254 e. The summed E-state index contributed by atoms with van der Waals surface area (Å²) in [6, 6.07) is 3.03. The van der Waals surface area contributed by atoms with Crippen molar-refractivity contribution in [1.82, 2.24) is 4.98 Å². The lowest BCUT2D eigenvalue weighted by Crippen LogP contribution is -1.99. The Bertz CT molecular complexity index is 514. The van der Waals surface area contributed by atoms with E-state index in [-0.39, 0.29) is 10.6 Å². The van der Waals surface area contributed by atoms with Crippen molar-refractivity contribution in [2.75, 3.05) is 0 Å². The Morgan fingerprint density at radius 1 is 1.38 bits per heavy atom. The molecule has 0 aliphatic heterocycles. The van der Waals surface area contributed by atoms with Gasteiger partial charge >= 0.3 is 0 Å². The minimum Gasteiger partial charge on any atom is -0.254 e. The van der Waals surface area contributed by atoms with Crippen molar-refractivity contribution in [3.8, 4) is 0 Å². The van der Waals surface area contributed by atoms with Gasteiger partial charge in [0.25, 0.3) is 0 Å². The van der Waals surface area contributed by atoms with Gasteiger partial charge in [0.05, 0.1) is 21.4 Å². The maximum atomic E-state index is 13.3. The van der Waals surface area contributed by atoms with Gasteiger partial charge in [-0.05, 0) is 12.1 Å². The van der Waals surface area contributed by atoms with Crippen LogP contribution in [0.25, 0.3) is 0 Å². The zero-order valence-electron chi connectivity index (χ0n) is 8.02. The highest BCUT2D eigenvalue weighted by atomic mass is 32.2. The summed E-state index contributed by atoms with van der Waals surface area (Å²) in [5.41, 5.74) is 0. The van der Waals surface area contributed by atoms with E-state index in [4.69, 9.17) is 0 Å². The lowest BCUT2D eigenvalue weighted by Gasteiger charge is -2.01. The molecule has 0 spiro atoms. The number of hydrogen-bond donors (Lipinski definition) is 0. The van der Waals surface area contributed by atoms with Crippen molar-refractivity contribution < 1.29 is 13.0 Å². The molecular formula is C10H7F2NOS2. The fourth-order valence-corrected chi connectivity index (χ4v) is 3.12. The van der Waals surface area contributed by atoms with Crippen LogP contribution in [-0.4, -0.2) is 9.19 Å². The number of rotatable bonds is 3. The van der Waals surface area contributed by atoms with Crippen molar-refractivity contribution in [2.24, 2.45) is 0 Å². The van der Waals surface area contributed by atoms with Crippen LogP contribution in [0.15, 0.2) is 34.7 Å². The van der Waals surface area contributed by atoms with E-state index in [0.29, 0.717) is 5.01 Å². The predicted octanol–water partition coefficient (Wildman–Crippen LogP) is 2.73. The number of aromatic nitrogens is 1. The Kier molecular flexibility index (Phi) is 3.40. The molecule has 1 aromatic carbocycles. The topological polar surface area (TPSA) is 30.0 Å². The van der Waals surface area contributed by atoms with E-state index in [1.54, 1.807) is 11.6 Å². The van der Waals surface area contributed by atoms with Crippen LogP contribution in [0.3, 0.4) is 0 Å². The molecule has 0 amide bonds. The molecule has 2 rings (SSSR count). The zero-order valence-corrected chi connectivity index (χ0v) is 9.65. The van der Waals surface area contributed by atoms with Crippen LogP contribution < -0.4 is 0 Å². The van der Waals surface area contributed by atoms with Crippen molar-refractivity contribution in [3.63, 3.8) is 0 Å². The van der Waals surface area contributed by atoms with Gasteiger partial charge in [0.2, 0.25) is 0 Å². The van der Waals surface area contributed by atoms with Gasteiger partial charge in [-0.3, -0.25) is 4.21 Å². The van der Waals surface area contributed by atoms with Crippen LogP contribution >= 0.6 is 11.3 Å². The maximum Gasteiger partial charge on any atom is 0.142 e. The molecule has 2 nitrogen and oxygen atoms in total. The molecule has 0 N–H and O–H groups in total. The summed E-state index contributed by atoms with van der Waals surface area (Å²) in [5.74, 6) is -1.30.